The highest BCUT2D eigenvalue weighted by atomic mass is 16.2. The summed E-state index contributed by atoms with van der Waals surface area (Å²) in [6, 6.07) is 0. The minimum Gasteiger partial charge on any atom is -0.340 e. The van der Waals surface area contributed by atoms with Crippen LogP contribution in [-0.2, 0) is 4.79 Å². The van der Waals surface area contributed by atoms with Gasteiger partial charge in [0, 0.05) is 19.6 Å². The van der Waals surface area contributed by atoms with Gasteiger partial charge in [-0.1, -0.05) is 0 Å². The fourth-order valence-electron chi connectivity index (χ4n) is 1.33. The van der Waals surface area contributed by atoms with Gasteiger partial charge in [-0.2, -0.15) is 0 Å². The molecule has 4 heteroatoms. The molecule has 0 unspecified atom stereocenters. The van der Waals surface area contributed by atoms with Gasteiger partial charge in [-0.3, -0.25) is 4.79 Å². The second-order valence-corrected chi connectivity index (χ2v) is 3.01. The molecule has 1 amide bonds. The molecule has 0 saturated carbocycles. The number of piperazine rings is 1. The molecule has 0 bridgehead atoms. The van der Waals surface area contributed by atoms with Crippen molar-refractivity contribution in [2.45, 2.75) is 6.42 Å². The molecule has 1 heterocycles. The van der Waals surface area contributed by atoms with Crippen LogP contribution in [-0.4, -0.2) is 50.6 Å². The summed E-state index contributed by atoms with van der Waals surface area (Å²) in [6.45, 7) is 4.19. The fourth-order valence-corrected chi connectivity index (χ4v) is 1.33. The van der Waals surface area contributed by atoms with E-state index >= 15 is 0 Å². The Morgan fingerprint density at radius 1 is 1.67 bits per heavy atom. The van der Waals surface area contributed by atoms with Crippen molar-refractivity contribution in [2.75, 3.05) is 39.8 Å². The molecule has 2 N–H and O–H groups in total. The summed E-state index contributed by atoms with van der Waals surface area (Å²) in [5, 5.41) is 6.12. The van der Waals surface area contributed by atoms with E-state index in [-0.39, 0.29) is 5.91 Å². The third-order valence-corrected chi connectivity index (χ3v) is 2.04. The van der Waals surface area contributed by atoms with Gasteiger partial charge in [-0.25, -0.2) is 0 Å². The molecule has 0 aromatic rings. The second-order valence-electron chi connectivity index (χ2n) is 3.01. The summed E-state index contributed by atoms with van der Waals surface area (Å²) in [6.07, 6.45) is 1.04. The van der Waals surface area contributed by atoms with Crippen LogP contribution >= 0.6 is 0 Å². The maximum atomic E-state index is 11.2. The molecule has 1 aliphatic heterocycles. The first-order valence-corrected chi connectivity index (χ1v) is 4.47. The van der Waals surface area contributed by atoms with Gasteiger partial charge < -0.3 is 15.5 Å². The SMILES string of the molecule is CNCCCN1CCNCC1=O. The Kier molecular flexibility index (Phi) is 4.04. The Labute approximate surface area is 73.3 Å². The first-order chi connectivity index (χ1) is 5.84. The highest BCUT2D eigenvalue weighted by Gasteiger charge is 2.15. The molecular weight excluding hydrogens is 154 g/mol. The number of amides is 1. The van der Waals surface area contributed by atoms with Crippen molar-refractivity contribution in [3.05, 3.63) is 0 Å². The summed E-state index contributed by atoms with van der Waals surface area (Å²) in [4.78, 5) is 13.2. The zero-order valence-corrected chi connectivity index (χ0v) is 7.60. The molecule has 12 heavy (non-hydrogen) atoms. The van der Waals surface area contributed by atoms with E-state index in [4.69, 9.17) is 0 Å². The maximum absolute atomic E-state index is 11.2. The van der Waals surface area contributed by atoms with Gasteiger partial charge in [0.15, 0.2) is 0 Å². The summed E-state index contributed by atoms with van der Waals surface area (Å²) in [5.74, 6) is 0.234. The van der Waals surface area contributed by atoms with Gasteiger partial charge in [0.1, 0.15) is 0 Å². The van der Waals surface area contributed by atoms with Crippen molar-refractivity contribution in [1.82, 2.24) is 15.5 Å². The monoisotopic (exact) mass is 171 g/mol. The van der Waals surface area contributed by atoms with E-state index in [0.717, 1.165) is 32.6 Å². The van der Waals surface area contributed by atoms with Gasteiger partial charge in [0.2, 0.25) is 5.91 Å². The van der Waals surface area contributed by atoms with Crippen LogP contribution in [0.4, 0.5) is 0 Å². The van der Waals surface area contributed by atoms with Crippen molar-refractivity contribution in [3.63, 3.8) is 0 Å². The Morgan fingerprint density at radius 3 is 3.17 bits per heavy atom. The first-order valence-electron chi connectivity index (χ1n) is 4.47. The molecule has 4 nitrogen and oxygen atoms in total. The van der Waals surface area contributed by atoms with Crippen LogP contribution in [0, 0.1) is 0 Å². The van der Waals surface area contributed by atoms with E-state index in [0.29, 0.717) is 6.54 Å². The molecular formula is C8H17N3O. The van der Waals surface area contributed by atoms with Gasteiger partial charge in [-0.05, 0) is 20.0 Å². The van der Waals surface area contributed by atoms with E-state index in [2.05, 4.69) is 10.6 Å². The van der Waals surface area contributed by atoms with Gasteiger partial charge in [-0.15, -0.1) is 0 Å². The smallest absolute Gasteiger partial charge is 0.236 e. The fraction of sp³-hybridized carbons (Fsp3) is 0.875. The van der Waals surface area contributed by atoms with Crippen molar-refractivity contribution in [2.24, 2.45) is 0 Å². The zero-order valence-electron chi connectivity index (χ0n) is 7.60. The average Bonchev–Trinajstić information content (AvgIpc) is 2.09. The maximum Gasteiger partial charge on any atom is 0.236 e. The minimum atomic E-state index is 0.234. The zero-order chi connectivity index (χ0) is 8.81. The molecule has 70 valence electrons. The van der Waals surface area contributed by atoms with Gasteiger partial charge >= 0.3 is 0 Å². The van der Waals surface area contributed by atoms with E-state index in [1.54, 1.807) is 0 Å². The third-order valence-electron chi connectivity index (χ3n) is 2.04. The quantitative estimate of drug-likeness (QED) is 0.535. The normalized spacial score (nSPS) is 18.4. The number of carbonyl (C=O) groups excluding carboxylic acids is 1. The van der Waals surface area contributed by atoms with Gasteiger partial charge in [0.25, 0.3) is 0 Å². The number of hydrogen-bond acceptors (Lipinski definition) is 3. The van der Waals surface area contributed by atoms with Crippen LogP contribution in [0.15, 0.2) is 0 Å². The van der Waals surface area contributed by atoms with E-state index in [9.17, 15) is 4.79 Å². The lowest BCUT2D eigenvalue weighted by atomic mass is 10.3. The molecule has 1 saturated heterocycles. The molecule has 0 radical (unpaired) electrons. The lowest BCUT2D eigenvalue weighted by Crippen LogP contribution is -2.48. The number of nitrogens with zero attached hydrogens (tertiary/aromatic N) is 1. The van der Waals surface area contributed by atoms with Crippen LogP contribution in [0.3, 0.4) is 0 Å². The Bertz CT molecular complexity index is 149. The molecule has 0 aromatic carbocycles. The standard InChI is InChI=1S/C8H17N3O/c1-9-3-2-5-11-6-4-10-7-8(11)12/h9-10H,2-7H2,1H3. The highest BCUT2D eigenvalue weighted by molar-refractivity contribution is 5.78. The molecule has 0 aliphatic carbocycles. The summed E-state index contributed by atoms with van der Waals surface area (Å²) in [5.41, 5.74) is 0. The molecule has 1 fully saturated rings. The van der Waals surface area contributed by atoms with Crippen LogP contribution in [0.2, 0.25) is 0 Å². The summed E-state index contributed by atoms with van der Waals surface area (Å²) >= 11 is 0. The Balaban J connectivity index is 2.16. The summed E-state index contributed by atoms with van der Waals surface area (Å²) in [7, 11) is 1.93. The van der Waals surface area contributed by atoms with E-state index < -0.39 is 0 Å². The number of carbonyl (C=O) groups is 1. The van der Waals surface area contributed by atoms with Gasteiger partial charge in [0.05, 0.1) is 6.54 Å². The van der Waals surface area contributed by atoms with Crippen molar-refractivity contribution < 1.29 is 4.79 Å². The number of hydrogen-bond donors (Lipinski definition) is 2. The molecule has 0 spiro atoms. The minimum absolute atomic E-state index is 0.234. The molecule has 0 atom stereocenters. The van der Waals surface area contributed by atoms with Crippen molar-refractivity contribution >= 4 is 5.91 Å². The number of rotatable bonds is 4. The second kappa shape index (κ2) is 5.11. The average molecular weight is 171 g/mol. The lowest BCUT2D eigenvalue weighted by molar-refractivity contribution is -0.131. The molecule has 0 aromatic heterocycles. The molecule has 1 rings (SSSR count). The Hall–Kier alpha value is -0.610. The topological polar surface area (TPSA) is 44.4 Å². The van der Waals surface area contributed by atoms with Crippen LogP contribution in [0.25, 0.3) is 0 Å². The van der Waals surface area contributed by atoms with Crippen molar-refractivity contribution in [1.29, 1.82) is 0 Å². The third kappa shape index (κ3) is 2.79. The lowest BCUT2D eigenvalue weighted by Gasteiger charge is -2.27. The highest BCUT2D eigenvalue weighted by Crippen LogP contribution is 1.95. The first kappa shape index (κ1) is 9.48. The van der Waals surface area contributed by atoms with E-state index in [1.165, 1.54) is 0 Å². The summed E-state index contributed by atoms with van der Waals surface area (Å²) < 4.78 is 0. The van der Waals surface area contributed by atoms with Crippen LogP contribution < -0.4 is 10.6 Å². The predicted molar refractivity (Wildman–Crippen MR) is 48.0 cm³/mol. The number of nitrogens with one attached hydrogen (secondary N) is 2. The van der Waals surface area contributed by atoms with E-state index in [1.807, 2.05) is 11.9 Å². The predicted octanol–water partition coefficient (Wildman–Crippen LogP) is -0.972. The van der Waals surface area contributed by atoms with Crippen molar-refractivity contribution in [3.8, 4) is 0 Å². The largest absolute Gasteiger partial charge is 0.340 e. The molecule has 1 aliphatic rings. The van der Waals surface area contributed by atoms with Crippen LogP contribution in [0.1, 0.15) is 6.42 Å². The Morgan fingerprint density at radius 2 is 2.50 bits per heavy atom. The van der Waals surface area contributed by atoms with Crippen LogP contribution in [0.5, 0.6) is 0 Å².